The Morgan fingerprint density at radius 3 is 2.93 bits per heavy atom. The van der Waals surface area contributed by atoms with Crippen molar-refractivity contribution >= 4 is 0 Å². The molecule has 0 aromatic carbocycles. The molecular weight excluding hydrogens is 172 g/mol. The molecule has 0 spiro atoms. The van der Waals surface area contributed by atoms with E-state index in [1.807, 2.05) is 0 Å². The third kappa shape index (κ3) is 3.69. The van der Waals surface area contributed by atoms with Gasteiger partial charge in [-0.1, -0.05) is 19.8 Å². The Balaban J connectivity index is 2.62. The molecule has 14 heavy (non-hydrogen) atoms. The average Bonchev–Trinajstić information content (AvgIpc) is 2.18. The molecule has 0 radical (unpaired) electrons. The van der Waals surface area contributed by atoms with Gasteiger partial charge >= 0.3 is 0 Å². The van der Waals surface area contributed by atoms with Crippen LogP contribution >= 0.6 is 0 Å². The lowest BCUT2D eigenvalue weighted by Crippen LogP contribution is -2.14. The van der Waals surface area contributed by atoms with Gasteiger partial charge in [-0.05, 0) is 44.6 Å². The minimum absolute atomic E-state index is 0.208. The molecule has 0 heterocycles. The summed E-state index contributed by atoms with van der Waals surface area (Å²) in [5.74, 6) is 0. The van der Waals surface area contributed by atoms with E-state index in [0.29, 0.717) is 0 Å². The van der Waals surface area contributed by atoms with Crippen molar-refractivity contribution in [2.45, 2.75) is 64.9 Å². The predicted molar refractivity (Wildman–Crippen MR) is 60.2 cm³/mol. The van der Waals surface area contributed by atoms with Crippen LogP contribution in [0.1, 0.15) is 58.8 Å². The second kappa shape index (κ2) is 6.06. The van der Waals surface area contributed by atoms with Crippen LogP contribution in [0.15, 0.2) is 16.9 Å². The van der Waals surface area contributed by atoms with Crippen LogP contribution in [0.4, 0.5) is 0 Å². The Morgan fingerprint density at radius 1 is 1.50 bits per heavy atom. The summed E-state index contributed by atoms with van der Waals surface area (Å²) < 4.78 is 0. The molecule has 1 heteroatoms. The number of rotatable bonds is 3. The van der Waals surface area contributed by atoms with Crippen LogP contribution in [0.2, 0.25) is 0 Å². The summed E-state index contributed by atoms with van der Waals surface area (Å²) in [6.45, 7) is 4.33. The zero-order valence-electron chi connectivity index (χ0n) is 9.47. The fraction of sp³-hybridized carbons (Fsp3) is 0.769. The van der Waals surface area contributed by atoms with Crippen molar-refractivity contribution in [2.75, 3.05) is 0 Å². The Morgan fingerprint density at radius 2 is 2.29 bits per heavy atom. The molecule has 0 saturated heterocycles. The van der Waals surface area contributed by atoms with Crippen molar-refractivity contribution in [3.63, 3.8) is 0 Å². The zero-order valence-corrected chi connectivity index (χ0v) is 9.47. The summed E-state index contributed by atoms with van der Waals surface area (Å²) >= 11 is 0. The number of aliphatic hydroxyl groups is 1. The highest BCUT2D eigenvalue weighted by Gasteiger charge is 2.15. The molecule has 1 aliphatic carbocycles. The van der Waals surface area contributed by atoms with Crippen LogP contribution < -0.4 is 0 Å². The fourth-order valence-corrected chi connectivity index (χ4v) is 1.92. The summed E-state index contributed by atoms with van der Waals surface area (Å²) in [6, 6.07) is 0. The molecule has 1 unspecified atom stereocenters. The molecule has 1 nitrogen and oxygen atoms in total. The molecule has 0 aliphatic heterocycles. The van der Waals surface area contributed by atoms with E-state index >= 15 is 0 Å². The second-order valence-corrected chi connectivity index (χ2v) is 4.30. The standard InChI is InChI=1S/C13H22O/c1-3-4-7-11(2)10-12-8-5-6-9-13(12)14/h13-14H,3-9H2,1-2H3. The summed E-state index contributed by atoms with van der Waals surface area (Å²) in [4.78, 5) is 0. The smallest absolute Gasteiger partial charge is 0.0823 e. The monoisotopic (exact) mass is 194 g/mol. The molecule has 1 saturated carbocycles. The summed E-state index contributed by atoms with van der Waals surface area (Å²) in [6.07, 6.45) is 7.76. The van der Waals surface area contributed by atoms with Crippen LogP contribution in [-0.2, 0) is 0 Å². The van der Waals surface area contributed by atoms with Crippen LogP contribution in [0.25, 0.3) is 0 Å². The third-order valence-electron chi connectivity index (χ3n) is 2.86. The second-order valence-electron chi connectivity index (χ2n) is 4.30. The molecular formula is C13H22O. The first-order valence-corrected chi connectivity index (χ1v) is 5.87. The molecule has 1 atom stereocenters. The molecule has 0 aromatic rings. The predicted octanol–water partition coefficient (Wildman–Crippen LogP) is 3.58. The maximum atomic E-state index is 9.73. The molecule has 1 fully saturated rings. The number of hydrogen-bond acceptors (Lipinski definition) is 1. The van der Waals surface area contributed by atoms with E-state index in [1.165, 1.54) is 31.3 Å². The number of hydrogen-bond donors (Lipinski definition) is 1. The Bertz CT molecular complexity index is 234. The number of unbranched alkanes of at least 4 members (excludes halogenated alkanes) is 1. The van der Waals surface area contributed by atoms with E-state index in [0.717, 1.165) is 24.8 Å². The van der Waals surface area contributed by atoms with Gasteiger partial charge in [0.15, 0.2) is 0 Å². The van der Waals surface area contributed by atoms with E-state index in [1.54, 1.807) is 0 Å². The zero-order chi connectivity index (χ0) is 10.4. The quantitative estimate of drug-likeness (QED) is 0.681. The van der Waals surface area contributed by atoms with Gasteiger partial charge in [0.2, 0.25) is 0 Å². The van der Waals surface area contributed by atoms with Crippen LogP contribution in [-0.4, -0.2) is 11.2 Å². The molecule has 0 aromatic heterocycles. The molecule has 0 bridgehead atoms. The topological polar surface area (TPSA) is 20.2 Å². The molecule has 1 N–H and O–H groups in total. The lowest BCUT2D eigenvalue weighted by atomic mass is 9.92. The maximum absolute atomic E-state index is 9.73. The highest BCUT2D eigenvalue weighted by Crippen LogP contribution is 2.23. The van der Waals surface area contributed by atoms with Gasteiger partial charge in [-0.2, -0.15) is 0 Å². The van der Waals surface area contributed by atoms with Crippen LogP contribution in [0.3, 0.4) is 0 Å². The van der Waals surface area contributed by atoms with E-state index in [2.05, 4.69) is 19.6 Å². The highest BCUT2D eigenvalue weighted by molar-refractivity contribution is 5.13. The van der Waals surface area contributed by atoms with Gasteiger partial charge in [-0.3, -0.25) is 0 Å². The first kappa shape index (κ1) is 11.6. The molecule has 0 amide bonds. The van der Waals surface area contributed by atoms with Crippen molar-refractivity contribution in [1.82, 2.24) is 0 Å². The van der Waals surface area contributed by atoms with Crippen molar-refractivity contribution in [1.29, 1.82) is 0 Å². The normalized spacial score (nSPS) is 21.9. The van der Waals surface area contributed by atoms with E-state index in [-0.39, 0.29) is 6.10 Å². The Hall–Kier alpha value is -0.520. The van der Waals surface area contributed by atoms with Gasteiger partial charge in [-0.25, -0.2) is 0 Å². The van der Waals surface area contributed by atoms with Gasteiger partial charge in [0.05, 0.1) is 6.10 Å². The van der Waals surface area contributed by atoms with Gasteiger partial charge in [0.25, 0.3) is 0 Å². The number of aliphatic hydroxyl groups excluding tert-OH is 1. The fourth-order valence-electron chi connectivity index (χ4n) is 1.92. The van der Waals surface area contributed by atoms with Crippen LogP contribution in [0, 0.1) is 0 Å². The first-order valence-electron chi connectivity index (χ1n) is 5.87. The van der Waals surface area contributed by atoms with E-state index in [9.17, 15) is 5.11 Å². The molecule has 1 aliphatic rings. The third-order valence-corrected chi connectivity index (χ3v) is 2.86. The SMILES string of the molecule is CCCCC(C)=C=C1CCCCC1O. The minimum atomic E-state index is -0.208. The van der Waals surface area contributed by atoms with Gasteiger partial charge in [0, 0.05) is 5.57 Å². The van der Waals surface area contributed by atoms with Crippen molar-refractivity contribution in [3.8, 4) is 0 Å². The average molecular weight is 194 g/mol. The van der Waals surface area contributed by atoms with Gasteiger partial charge in [0.1, 0.15) is 0 Å². The van der Waals surface area contributed by atoms with Gasteiger partial charge < -0.3 is 5.11 Å². The Kier molecular flexibility index (Phi) is 5.00. The summed E-state index contributed by atoms with van der Waals surface area (Å²) in [5, 5.41) is 9.73. The Labute approximate surface area is 87.5 Å². The molecule has 1 rings (SSSR count). The van der Waals surface area contributed by atoms with Gasteiger partial charge in [-0.15, -0.1) is 5.73 Å². The maximum Gasteiger partial charge on any atom is 0.0823 e. The van der Waals surface area contributed by atoms with E-state index < -0.39 is 0 Å². The summed E-state index contributed by atoms with van der Waals surface area (Å²) in [7, 11) is 0. The van der Waals surface area contributed by atoms with E-state index in [4.69, 9.17) is 0 Å². The highest BCUT2D eigenvalue weighted by atomic mass is 16.3. The lowest BCUT2D eigenvalue weighted by Gasteiger charge is -2.18. The van der Waals surface area contributed by atoms with Crippen LogP contribution in [0.5, 0.6) is 0 Å². The first-order chi connectivity index (χ1) is 6.74. The summed E-state index contributed by atoms with van der Waals surface area (Å²) in [5.41, 5.74) is 5.84. The lowest BCUT2D eigenvalue weighted by molar-refractivity contribution is 0.179. The minimum Gasteiger partial charge on any atom is -0.388 e. The van der Waals surface area contributed by atoms with Crippen molar-refractivity contribution in [3.05, 3.63) is 16.9 Å². The largest absolute Gasteiger partial charge is 0.388 e. The van der Waals surface area contributed by atoms with Crippen molar-refractivity contribution < 1.29 is 5.11 Å². The molecule has 80 valence electrons. The van der Waals surface area contributed by atoms with Crippen molar-refractivity contribution in [2.24, 2.45) is 0 Å².